The van der Waals surface area contributed by atoms with E-state index in [2.05, 4.69) is 5.32 Å². The first-order valence-electron chi connectivity index (χ1n) is 8.65. The number of amides is 1. The summed E-state index contributed by atoms with van der Waals surface area (Å²) in [6.07, 6.45) is 0.284. The molecule has 0 aliphatic rings. The van der Waals surface area contributed by atoms with Gasteiger partial charge in [0.2, 0.25) is 5.91 Å². The quantitative estimate of drug-likeness (QED) is 0.641. The Hall–Kier alpha value is -2.85. The van der Waals surface area contributed by atoms with E-state index < -0.39 is 6.04 Å². The van der Waals surface area contributed by atoms with Gasteiger partial charge in [0.1, 0.15) is 0 Å². The van der Waals surface area contributed by atoms with E-state index in [1.54, 1.807) is 24.3 Å². The minimum absolute atomic E-state index is 0.0550. The highest BCUT2D eigenvalue weighted by molar-refractivity contribution is 6.30. The van der Waals surface area contributed by atoms with Gasteiger partial charge < -0.3 is 10.1 Å². The highest BCUT2D eigenvalue weighted by atomic mass is 35.5. The summed E-state index contributed by atoms with van der Waals surface area (Å²) < 4.78 is 4.77. The second kappa shape index (κ2) is 8.69. The Morgan fingerprint density at radius 3 is 2.44 bits per heavy atom. The lowest BCUT2D eigenvalue weighted by molar-refractivity contribution is -0.141. The van der Waals surface area contributed by atoms with Gasteiger partial charge in [-0.1, -0.05) is 66.2 Å². The van der Waals surface area contributed by atoms with Crippen LogP contribution in [0.1, 0.15) is 23.6 Å². The fraction of sp³-hybridized carbons (Fsp3) is 0.182. The molecule has 0 radical (unpaired) electrons. The molecule has 0 heterocycles. The summed E-state index contributed by atoms with van der Waals surface area (Å²) in [5.74, 6) is -0.546. The molecule has 1 atom stereocenters. The van der Waals surface area contributed by atoms with Crippen LogP contribution < -0.4 is 5.32 Å². The number of carbonyl (C=O) groups is 2. The molecule has 3 aromatic rings. The molecular weight excluding hydrogens is 362 g/mol. The van der Waals surface area contributed by atoms with Crippen LogP contribution in [-0.2, 0) is 20.7 Å². The number of fused-ring (bicyclic) bond motifs is 1. The van der Waals surface area contributed by atoms with Crippen LogP contribution >= 0.6 is 11.6 Å². The van der Waals surface area contributed by atoms with Gasteiger partial charge in [-0.3, -0.25) is 9.59 Å². The van der Waals surface area contributed by atoms with Gasteiger partial charge in [0, 0.05) is 5.02 Å². The predicted octanol–water partition coefficient (Wildman–Crippen LogP) is 4.46. The molecule has 3 aromatic carbocycles. The van der Waals surface area contributed by atoms with Crippen LogP contribution in [0.5, 0.6) is 0 Å². The second-order valence-corrected chi connectivity index (χ2v) is 6.70. The zero-order chi connectivity index (χ0) is 19.2. The van der Waals surface area contributed by atoms with Crippen molar-refractivity contribution in [3.8, 4) is 0 Å². The molecule has 5 heteroatoms. The maximum absolute atomic E-state index is 12.7. The van der Waals surface area contributed by atoms with Crippen molar-refractivity contribution in [3.63, 3.8) is 0 Å². The lowest BCUT2D eigenvalue weighted by Gasteiger charge is -2.19. The molecule has 0 aromatic heterocycles. The van der Waals surface area contributed by atoms with Crippen LogP contribution in [0.4, 0.5) is 0 Å². The summed E-state index contributed by atoms with van der Waals surface area (Å²) in [7, 11) is 1.33. The van der Waals surface area contributed by atoms with Gasteiger partial charge in [0.25, 0.3) is 0 Å². The van der Waals surface area contributed by atoms with Crippen LogP contribution in [-0.4, -0.2) is 19.0 Å². The smallest absolute Gasteiger partial charge is 0.307 e. The maximum Gasteiger partial charge on any atom is 0.307 e. The minimum atomic E-state index is -0.475. The summed E-state index contributed by atoms with van der Waals surface area (Å²) >= 11 is 5.94. The van der Waals surface area contributed by atoms with Gasteiger partial charge in [-0.25, -0.2) is 0 Å². The van der Waals surface area contributed by atoms with E-state index in [9.17, 15) is 9.59 Å². The van der Waals surface area contributed by atoms with Crippen molar-refractivity contribution in [2.75, 3.05) is 7.11 Å². The second-order valence-electron chi connectivity index (χ2n) is 6.27. The zero-order valence-corrected chi connectivity index (χ0v) is 15.7. The normalized spacial score (nSPS) is 11.8. The molecule has 0 fully saturated rings. The van der Waals surface area contributed by atoms with E-state index in [4.69, 9.17) is 16.3 Å². The highest BCUT2D eigenvalue weighted by Gasteiger charge is 2.19. The maximum atomic E-state index is 12.7. The van der Waals surface area contributed by atoms with Gasteiger partial charge in [0.05, 0.1) is 26.0 Å². The summed E-state index contributed by atoms with van der Waals surface area (Å²) in [5.41, 5.74) is 1.74. The lowest BCUT2D eigenvalue weighted by Crippen LogP contribution is -2.31. The lowest BCUT2D eigenvalue weighted by atomic mass is 10.0. The first-order chi connectivity index (χ1) is 13.1. The molecule has 1 N–H and O–H groups in total. The van der Waals surface area contributed by atoms with E-state index in [-0.39, 0.29) is 24.7 Å². The minimum Gasteiger partial charge on any atom is -0.469 e. The Kier molecular flexibility index (Phi) is 6.09. The molecule has 1 amide bonds. The third-order valence-electron chi connectivity index (χ3n) is 4.44. The van der Waals surface area contributed by atoms with E-state index in [1.165, 1.54) is 7.11 Å². The average Bonchev–Trinajstić information content (AvgIpc) is 2.68. The number of ether oxygens (including phenoxy) is 1. The van der Waals surface area contributed by atoms with Gasteiger partial charge >= 0.3 is 5.97 Å². The molecule has 0 aliphatic carbocycles. The molecular formula is C22H20ClNO3. The van der Waals surface area contributed by atoms with Crippen molar-refractivity contribution in [2.45, 2.75) is 18.9 Å². The van der Waals surface area contributed by atoms with Crippen LogP contribution in [0.15, 0.2) is 66.7 Å². The summed E-state index contributed by atoms with van der Waals surface area (Å²) in [6, 6.07) is 20.4. The Morgan fingerprint density at radius 2 is 1.70 bits per heavy atom. The van der Waals surface area contributed by atoms with Crippen molar-refractivity contribution in [1.82, 2.24) is 5.32 Å². The number of rotatable bonds is 6. The standard InChI is InChI=1S/C22H20ClNO3/c1-27-22(26)14-20(16-9-11-18(23)12-10-16)24-21(25)13-17-7-4-6-15-5-2-3-8-19(15)17/h2-12,20H,13-14H2,1H3,(H,24,25). The Morgan fingerprint density at radius 1 is 1.00 bits per heavy atom. The number of hydrogen-bond acceptors (Lipinski definition) is 3. The van der Waals surface area contributed by atoms with Crippen LogP contribution in [0.25, 0.3) is 10.8 Å². The molecule has 1 unspecified atom stereocenters. The van der Waals surface area contributed by atoms with E-state index >= 15 is 0 Å². The number of hydrogen-bond donors (Lipinski definition) is 1. The molecule has 0 saturated heterocycles. The molecule has 0 aliphatic heterocycles. The molecule has 4 nitrogen and oxygen atoms in total. The van der Waals surface area contributed by atoms with Gasteiger partial charge in [-0.05, 0) is 34.0 Å². The number of esters is 1. The van der Waals surface area contributed by atoms with E-state index in [1.807, 2.05) is 42.5 Å². The highest BCUT2D eigenvalue weighted by Crippen LogP contribution is 2.22. The largest absolute Gasteiger partial charge is 0.469 e. The Bertz CT molecular complexity index is 948. The molecule has 138 valence electrons. The summed E-state index contributed by atoms with van der Waals surface area (Å²) in [6.45, 7) is 0. The van der Waals surface area contributed by atoms with Crippen molar-refractivity contribution in [1.29, 1.82) is 0 Å². The first-order valence-corrected chi connectivity index (χ1v) is 9.03. The van der Waals surface area contributed by atoms with Crippen molar-refractivity contribution < 1.29 is 14.3 Å². The van der Waals surface area contributed by atoms with Crippen molar-refractivity contribution in [2.24, 2.45) is 0 Å². The Labute approximate surface area is 163 Å². The van der Waals surface area contributed by atoms with E-state index in [0.717, 1.165) is 21.9 Å². The molecule has 27 heavy (non-hydrogen) atoms. The Balaban J connectivity index is 1.79. The fourth-order valence-electron chi connectivity index (χ4n) is 3.06. The van der Waals surface area contributed by atoms with Gasteiger partial charge in [-0.2, -0.15) is 0 Å². The van der Waals surface area contributed by atoms with Crippen LogP contribution in [0.2, 0.25) is 5.02 Å². The predicted molar refractivity (Wildman–Crippen MR) is 107 cm³/mol. The van der Waals surface area contributed by atoms with Crippen LogP contribution in [0, 0.1) is 0 Å². The number of nitrogens with one attached hydrogen (secondary N) is 1. The van der Waals surface area contributed by atoms with E-state index in [0.29, 0.717) is 5.02 Å². The van der Waals surface area contributed by atoms with Gasteiger partial charge in [0.15, 0.2) is 0 Å². The zero-order valence-electron chi connectivity index (χ0n) is 14.9. The number of benzene rings is 3. The molecule has 0 spiro atoms. The van der Waals surface area contributed by atoms with Crippen LogP contribution in [0.3, 0.4) is 0 Å². The summed E-state index contributed by atoms with van der Waals surface area (Å²) in [4.78, 5) is 24.5. The summed E-state index contributed by atoms with van der Waals surface area (Å²) in [5, 5.41) is 5.68. The third kappa shape index (κ3) is 4.86. The number of methoxy groups -OCH3 is 1. The number of halogens is 1. The molecule has 0 bridgehead atoms. The third-order valence-corrected chi connectivity index (χ3v) is 4.69. The van der Waals surface area contributed by atoms with Crippen molar-refractivity contribution in [3.05, 3.63) is 82.9 Å². The SMILES string of the molecule is COC(=O)CC(NC(=O)Cc1cccc2ccccc12)c1ccc(Cl)cc1. The topological polar surface area (TPSA) is 55.4 Å². The number of carbonyl (C=O) groups excluding carboxylic acids is 2. The van der Waals surface area contributed by atoms with Gasteiger partial charge in [-0.15, -0.1) is 0 Å². The fourth-order valence-corrected chi connectivity index (χ4v) is 3.19. The molecule has 3 rings (SSSR count). The van der Waals surface area contributed by atoms with Crippen molar-refractivity contribution >= 4 is 34.2 Å². The monoisotopic (exact) mass is 381 g/mol. The first kappa shape index (κ1) is 18.9. The average molecular weight is 382 g/mol. The molecule has 0 saturated carbocycles.